The predicted molar refractivity (Wildman–Crippen MR) is 67.2 cm³/mol. The Morgan fingerprint density at radius 3 is 2.61 bits per heavy atom. The summed E-state index contributed by atoms with van der Waals surface area (Å²) in [6, 6.07) is 3.24. The van der Waals surface area contributed by atoms with E-state index in [9.17, 15) is 9.59 Å². The quantitative estimate of drug-likeness (QED) is 0.779. The molecule has 0 radical (unpaired) electrons. The first-order valence-corrected chi connectivity index (χ1v) is 6.16. The number of aromatic nitrogens is 2. The lowest BCUT2D eigenvalue weighted by Crippen LogP contribution is -2.42. The molecular weight excluding hydrogens is 232 g/mol. The second-order valence-corrected chi connectivity index (χ2v) is 4.79. The van der Waals surface area contributed by atoms with E-state index in [4.69, 9.17) is 5.73 Å². The van der Waals surface area contributed by atoms with Crippen LogP contribution in [0.25, 0.3) is 0 Å². The SMILES string of the molecule is CN(C(=O)c1ccc(=O)[nH]n1)C1CCC(N)CC1. The highest BCUT2D eigenvalue weighted by Crippen LogP contribution is 2.21. The van der Waals surface area contributed by atoms with Crippen molar-refractivity contribution in [1.29, 1.82) is 0 Å². The number of nitrogens with one attached hydrogen (secondary N) is 1. The normalized spacial score (nSPS) is 23.7. The number of hydrogen-bond donors (Lipinski definition) is 2. The Morgan fingerprint density at radius 2 is 2.06 bits per heavy atom. The maximum atomic E-state index is 12.1. The lowest BCUT2D eigenvalue weighted by atomic mass is 9.91. The van der Waals surface area contributed by atoms with Crippen LogP contribution in [0.2, 0.25) is 0 Å². The zero-order valence-corrected chi connectivity index (χ0v) is 10.4. The highest BCUT2D eigenvalue weighted by atomic mass is 16.2. The number of carbonyl (C=O) groups excluding carboxylic acids is 1. The van der Waals surface area contributed by atoms with Crippen LogP contribution in [0.3, 0.4) is 0 Å². The summed E-state index contributed by atoms with van der Waals surface area (Å²) in [5, 5.41) is 6.03. The minimum atomic E-state index is -0.308. The van der Waals surface area contributed by atoms with Crippen LogP contribution in [-0.2, 0) is 0 Å². The van der Waals surface area contributed by atoms with Gasteiger partial charge in [-0.25, -0.2) is 5.10 Å². The second-order valence-electron chi connectivity index (χ2n) is 4.79. The van der Waals surface area contributed by atoms with E-state index in [0.717, 1.165) is 25.7 Å². The van der Waals surface area contributed by atoms with Crippen LogP contribution in [0.4, 0.5) is 0 Å². The van der Waals surface area contributed by atoms with E-state index in [1.54, 1.807) is 11.9 Å². The molecule has 1 heterocycles. The van der Waals surface area contributed by atoms with Crippen molar-refractivity contribution in [3.8, 4) is 0 Å². The van der Waals surface area contributed by atoms with Crippen LogP contribution >= 0.6 is 0 Å². The van der Waals surface area contributed by atoms with Crippen LogP contribution < -0.4 is 11.3 Å². The van der Waals surface area contributed by atoms with Gasteiger partial charge < -0.3 is 10.6 Å². The van der Waals surface area contributed by atoms with Gasteiger partial charge in [0.15, 0.2) is 0 Å². The maximum Gasteiger partial charge on any atom is 0.274 e. The van der Waals surface area contributed by atoms with Crippen molar-refractivity contribution in [2.24, 2.45) is 5.73 Å². The summed E-state index contributed by atoms with van der Waals surface area (Å²) in [5.41, 5.74) is 5.81. The second kappa shape index (κ2) is 5.30. The first kappa shape index (κ1) is 12.8. The molecule has 0 atom stereocenters. The molecule has 1 amide bonds. The maximum absolute atomic E-state index is 12.1. The average molecular weight is 250 g/mol. The van der Waals surface area contributed by atoms with Gasteiger partial charge >= 0.3 is 0 Å². The Morgan fingerprint density at radius 1 is 1.39 bits per heavy atom. The molecule has 98 valence electrons. The summed E-state index contributed by atoms with van der Waals surface area (Å²) >= 11 is 0. The molecule has 6 heteroatoms. The Balaban J connectivity index is 2.04. The van der Waals surface area contributed by atoms with Gasteiger partial charge in [-0.1, -0.05) is 0 Å². The molecule has 0 spiro atoms. The highest BCUT2D eigenvalue weighted by Gasteiger charge is 2.26. The van der Waals surface area contributed by atoms with Gasteiger partial charge in [0.25, 0.3) is 11.5 Å². The van der Waals surface area contributed by atoms with Crippen LogP contribution in [0, 0.1) is 0 Å². The fourth-order valence-electron chi connectivity index (χ4n) is 2.30. The molecule has 0 unspecified atom stereocenters. The number of hydrogen-bond acceptors (Lipinski definition) is 4. The Kier molecular flexibility index (Phi) is 3.76. The van der Waals surface area contributed by atoms with Crippen molar-refractivity contribution in [2.45, 2.75) is 37.8 Å². The number of rotatable bonds is 2. The molecule has 1 aliphatic carbocycles. The molecule has 3 N–H and O–H groups in total. The van der Waals surface area contributed by atoms with Crippen LogP contribution in [0.1, 0.15) is 36.2 Å². The standard InChI is InChI=1S/C12H18N4O2/c1-16(9-4-2-8(13)3-5-9)12(18)10-6-7-11(17)15-14-10/h6-9H,2-5,13H2,1H3,(H,15,17). The fourth-order valence-corrected chi connectivity index (χ4v) is 2.30. The molecule has 0 saturated heterocycles. The molecular formula is C12H18N4O2. The first-order valence-electron chi connectivity index (χ1n) is 6.16. The number of nitrogens with zero attached hydrogens (tertiary/aromatic N) is 2. The summed E-state index contributed by atoms with van der Waals surface area (Å²) < 4.78 is 0. The van der Waals surface area contributed by atoms with E-state index in [-0.39, 0.29) is 29.2 Å². The largest absolute Gasteiger partial charge is 0.337 e. The zero-order valence-electron chi connectivity index (χ0n) is 10.4. The molecule has 1 saturated carbocycles. The third-order valence-electron chi connectivity index (χ3n) is 3.51. The highest BCUT2D eigenvalue weighted by molar-refractivity contribution is 5.92. The topological polar surface area (TPSA) is 92.1 Å². The minimum Gasteiger partial charge on any atom is -0.337 e. The molecule has 0 aromatic carbocycles. The Labute approximate surface area is 105 Å². The molecule has 1 aliphatic rings. The summed E-state index contributed by atoms with van der Waals surface area (Å²) in [5.74, 6) is -0.160. The van der Waals surface area contributed by atoms with E-state index in [2.05, 4.69) is 10.2 Å². The Bertz CT molecular complexity index is 457. The van der Waals surface area contributed by atoms with Crippen molar-refractivity contribution in [3.05, 3.63) is 28.2 Å². The van der Waals surface area contributed by atoms with Gasteiger partial charge in [-0.15, -0.1) is 0 Å². The zero-order chi connectivity index (χ0) is 13.1. The van der Waals surface area contributed by atoms with Crippen LogP contribution in [-0.4, -0.2) is 40.1 Å². The van der Waals surface area contributed by atoms with E-state index >= 15 is 0 Å². The van der Waals surface area contributed by atoms with Gasteiger partial charge in [0.1, 0.15) is 5.69 Å². The number of carbonyl (C=O) groups is 1. The van der Waals surface area contributed by atoms with Gasteiger partial charge in [0.05, 0.1) is 0 Å². The van der Waals surface area contributed by atoms with Gasteiger partial charge in [0.2, 0.25) is 0 Å². The molecule has 0 bridgehead atoms. The van der Waals surface area contributed by atoms with Crippen LogP contribution in [0.15, 0.2) is 16.9 Å². The van der Waals surface area contributed by atoms with E-state index in [0.29, 0.717) is 0 Å². The number of nitrogens with two attached hydrogens (primary N) is 1. The first-order chi connectivity index (χ1) is 8.58. The summed E-state index contributed by atoms with van der Waals surface area (Å²) in [6.45, 7) is 0. The molecule has 1 aromatic heterocycles. The van der Waals surface area contributed by atoms with Gasteiger partial charge in [-0.05, 0) is 31.7 Å². The van der Waals surface area contributed by atoms with Crippen LogP contribution in [0.5, 0.6) is 0 Å². The van der Waals surface area contributed by atoms with E-state index in [1.807, 2.05) is 0 Å². The predicted octanol–water partition coefficient (Wildman–Crippen LogP) is 0.112. The third-order valence-corrected chi connectivity index (χ3v) is 3.51. The lowest BCUT2D eigenvalue weighted by molar-refractivity contribution is 0.0682. The molecule has 1 aromatic rings. The van der Waals surface area contributed by atoms with E-state index in [1.165, 1.54) is 12.1 Å². The Hall–Kier alpha value is -1.69. The third kappa shape index (κ3) is 2.76. The van der Waals surface area contributed by atoms with Crippen molar-refractivity contribution in [1.82, 2.24) is 15.1 Å². The van der Waals surface area contributed by atoms with Crippen molar-refractivity contribution in [2.75, 3.05) is 7.05 Å². The van der Waals surface area contributed by atoms with Gasteiger partial charge in [0, 0.05) is 25.2 Å². The van der Waals surface area contributed by atoms with Crippen molar-refractivity contribution >= 4 is 5.91 Å². The monoisotopic (exact) mass is 250 g/mol. The lowest BCUT2D eigenvalue weighted by Gasteiger charge is -2.33. The summed E-state index contributed by atoms with van der Waals surface area (Å²) in [7, 11) is 1.77. The minimum absolute atomic E-state index is 0.160. The van der Waals surface area contributed by atoms with Gasteiger partial charge in [-0.2, -0.15) is 5.10 Å². The number of H-pyrrole nitrogens is 1. The average Bonchev–Trinajstić information content (AvgIpc) is 2.39. The number of amides is 1. The molecule has 1 fully saturated rings. The molecule has 0 aliphatic heterocycles. The van der Waals surface area contributed by atoms with Crippen molar-refractivity contribution in [3.63, 3.8) is 0 Å². The molecule has 18 heavy (non-hydrogen) atoms. The molecule has 6 nitrogen and oxygen atoms in total. The number of aromatic amines is 1. The summed E-state index contributed by atoms with van der Waals surface area (Å²) in [6.07, 6.45) is 3.74. The van der Waals surface area contributed by atoms with Gasteiger partial charge in [-0.3, -0.25) is 9.59 Å². The fraction of sp³-hybridized carbons (Fsp3) is 0.583. The molecule has 2 rings (SSSR count). The smallest absolute Gasteiger partial charge is 0.274 e. The summed E-state index contributed by atoms with van der Waals surface area (Å²) in [4.78, 5) is 24.7. The van der Waals surface area contributed by atoms with E-state index < -0.39 is 0 Å². The van der Waals surface area contributed by atoms with Crippen molar-refractivity contribution < 1.29 is 4.79 Å².